The van der Waals surface area contributed by atoms with Crippen molar-refractivity contribution in [3.05, 3.63) is 22.9 Å². The number of methoxy groups -OCH3 is 1. The SMILES string of the molecule is COC(C)(C)CCOc1nc(C)cc(C)c1C#N. The van der Waals surface area contributed by atoms with Gasteiger partial charge in [-0.05, 0) is 39.3 Å². The van der Waals surface area contributed by atoms with E-state index >= 15 is 0 Å². The summed E-state index contributed by atoms with van der Waals surface area (Å²) in [7, 11) is 1.68. The third kappa shape index (κ3) is 3.71. The van der Waals surface area contributed by atoms with Gasteiger partial charge in [0.25, 0.3) is 0 Å². The van der Waals surface area contributed by atoms with E-state index in [1.54, 1.807) is 7.11 Å². The molecule has 18 heavy (non-hydrogen) atoms. The predicted octanol–water partition coefficient (Wildman–Crippen LogP) is 2.76. The number of rotatable bonds is 5. The molecule has 0 aliphatic heterocycles. The van der Waals surface area contributed by atoms with E-state index in [4.69, 9.17) is 14.7 Å². The van der Waals surface area contributed by atoms with Crippen LogP contribution in [-0.4, -0.2) is 24.3 Å². The maximum absolute atomic E-state index is 9.10. The van der Waals surface area contributed by atoms with Crippen molar-refractivity contribution < 1.29 is 9.47 Å². The van der Waals surface area contributed by atoms with Crippen molar-refractivity contribution in [1.82, 2.24) is 4.98 Å². The largest absolute Gasteiger partial charge is 0.477 e. The maximum Gasteiger partial charge on any atom is 0.232 e. The lowest BCUT2D eigenvalue weighted by atomic mass is 10.1. The van der Waals surface area contributed by atoms with Gasteiger partial charge >= 0.3 is 0 Å². The van der Waals surface area contributed by atoms with Gasteiger partial charge in [-0.3, -0.25) is 0 Å². The fourth-order valence-electron chi connectivity index (χ4n) is 1.54. The van der Waals surface area contributed by atoms with Gasteiger partial charge in [-0.25, -0.2) is 4.98 Å². The van der Waals surface area contributed by atoms with Gasteiger partial charge in [0.1, 0.15) is 11.6 Å². The third-order valence-corrected chi connectivity index (χ3v) is 2.92. The fraction of sp³-hybridized carbons (Fsp3) is 0.571. The molecule has 98 valence electrons. The molecule has 0 fully saturated rings. The molecule has 1 aromatic heterocycles. The summed E-state index contributed by atoms with van der Waals surface area (Å²) in [6, 6.07) is 4.01. The zero-order valence-corrected chi connectivity index (χ0v) is 11.7. The van der Waals surface area contributed by atoms with Crippen LogP contribution in [-0.2, 0) is 4.74 Å². The van der Waals surface area contributed by atoms with E-state index in [0.29, 0.717) is 18.1 Å². The molecule has 1 heterocycles. The lowest BCUT2D eigenvalue weighted by molar-refractivity contribution is 0.00505. The number of hydrogen-bond donors (Lipinski definition) is 0. The summed E-state index contributed by atoms with van der Waals surface area (Å²) in [6.07, 6.45) is 0.739. The van der Waals surface area contributed by atoms with Crippen LogP contribution in [0.15, 0.2) is 6.07 Å². The summed E-state index contributed by atoms with van der Waals surface area (Å²) in [5.41, 5.74) is 2.03. The van der Waals surface area contributed by atoms with Crippen LogP contribution in [0.5, 0.6) is 5.88 Å². The molecule has 0 unspecified atom stereocenters. The van der Waals surface area contributed by atoms with Crippen molar-refractivity contribution in [2.75, 3.05) is 13.7 Å². The van der Waals surface area contributed by atoms with Gasteiger partial charge in [0.2, 0.25) is 5.88 Å². The Morgan fingerprint density at radius 3 is 2.61 bits per heavy atom. The van der Waals surface area contributed by atoms with Crippen LogP contribution in [0, 0.1) is 25.2 Å². The molecule has 0 spiro atoms. The summed E-state index contributed by atoms with van der Waals surface area (Å²) in [5, 5.41) is 9.10. The van der Waals surface area contributed by atoms with Crippen molar-refractivity contribution >= 4 is 0 Å². The first kappa shape index (κ1) is 14.5. The van der Waals surface area contributed by atoms with Gasteiger partial charge in [-0.1, -0.05) is 0 Å². The zero-order valence-electron chi connectivity index (χ0n) is 11.7. The zero-order chi connectivity index (χ0) is 13.8. The summed E-state index contributed by atoms with van der Waals surface area (Å²) in [4.78, 5) is 4.26. The molecule has 0 saturated carbocycles. The Kier molecular flexibility index (Phi) is 4.69. The smallest absolute Gasteiger partial charge is 0.232 e. The minimum atomic E-state index is -0.230. The van der Waals surface area contributed by atoms with E-state index in [1.807, 2.05) is 33.8 Å². The Labute approximate surface area is 109 Å². The standard InChI is InChI=1S/C14H20N2O2/c1-10-8-11(2)16-13(12(10)9-15)18-7-6-14(3,4)17-5/h8H,6-7H2,1-5H3. The Bertz CT molecular complexity index is 462. The highest BCUT2D eigenvalue weighted by atomic mass is 16.5. The van der Waals surface area contributed by atoms with Gasteiger partial charge in [-0.15, -0.1) is 0 Å². The van der Waals surface area contributed by atoms with Crippen molar-refractivity contribution in [3.8, 4) is 11.9 Å². The number of aromatic nitrogens is 1. The summed E-state index contributed by atoms with van der Waals surface area (Å²) < 4.78 is 10.9. The second-order valence-electron chi connectivity index (χ2n) is 4.93. The van der Waals surface area contributed by atoms with Crippen molar-refractivity contribution in [1.29, 1.82) is 5.26 Å². The molecule has 4 nitrogen and oxygen atoms in total. The van der Waals surface area contributed by atoms with Crippen LogP contribution in [0.1, 0.15) is 37.1 Å². The number of ether oxygens (including phenoxy) is 2. The average molecular weight is 248 g/mol. The summed E-state index contributed by atoms with van der Waals surface area (Å²) >= 11 is 0. The summed E-state index contributed by atoms with van der Waals surface area (Å²) in [5.74, 6) is 0.418. The van der Waals surface area contributed by atoms with E-state index in [-0.39, 0.29) is 5.60 Å². The molecule has 0 amide bonds. The lowest BCUT2D eigenvalue weighted by Crippen LogP contribution is -2.25. The van der Waals surface area contributed by atoms with Crippen LogP contribution in [0.4, 0.5) is 0 Å². The molecule has 0 bridgehead atoms. The highest BCUT2D eigenvalue weighted by Gasteiger charge is 2.17. The first-order valence-corrected chi connectivity index (χ1v) is 5.96. The molecule has 1 aromatic rings. The highest BCUT2D eigenvalue weighted by molar-refractivity contribution is 5.45. The Hall–Kier alpha value is -1.60. The molecule has 1 rings (SSSR count). The molecule has 0 aromatic carbocycles. The van der Waals surface area contributed by atoms with Crippen LogP contribution >= 0.6 is 0 Å². The van der Waals surface area contributed by atoms with Crippen LogP contribution in [0.25, 0.3) is 0 Å². The molecule has 0 radical (unpaired) electrons. The predicted molar refractivity (Wildman–Crippen MR) is 69.6 cm³/mol. The molecular weight excluding hydrogens is 228 g/mol. The van der Waals surface area contributed by atoms with Crippen LogP contribution in [0.3, 0.4) is 0 Å². The minimum Gasteiger partial charge on any atom is -0.477 e. The van der Waals surface area contributed by atoms with Gasteiger partial charge in [-0.2, -0.15) is 5.26 Å². The van der Waals surface area contributed by atoms with Crippen molar-refractivity contribution in [2.45, 2.75) is 39.7 Å². The lowest BCUT2D eigenvalue weighted by Gasteiger charge is -2.22. The Balaban J connectivity index is 2.77. The number of hydrogen-bond acceptors (Lipinski definition) is 4. The second-order valence-corrected chi connectivity index (χ2v) is 4.93. The van der Waals surface area contributed by atoms with E-state index in [0.717, 1.165) is 17.7 Å². The second kappa shape index (κ2) is 5.83. The Morgan fingerprint density at radius 1 is 1.39 bits per heavy atom. The van der Waals surface area contributed by atoms with Gasteiger partial charge < -0.3 is 9.47 Å². The first-order valence-electron chi connectivity index (χ1n) is 5.96. The molecule has 0 atom stereocenters. The van der Waals surface area contributed by atoms with E-state index in [9.17, 15) is 0 Å². The van der Waals surface area contributed by atoms with Gasteiger partial charge in [0, 0.05) is 19.2 Å². The van der Waals surface area contributed by atoms with Crippen molar-refractivity contribution in [2.24, 2.45) is 0 Å². The monoisotopic (exact) mass is 248 g/mol. The number of aryl methyl sites for hydroxylation is 2. The molecule has 0 aliphatic carbocycles. The number of pyridine rings is 1. The molecule has 4 heteroatoms. The molecule has 0 aliphatic rings. The van der Waals surface area contributed by atoms with E-state index in [2.05, 4.69) is 11.1 Å². The van der Waals surface area contributed by atoms with Crippen LogP contribution in [0.2, 0.25) is 0 Å². The van der Waals surface area contributed by atoms with E-state index < -0.39 is 0 Å². The van der Waals surface area contributed by atoms with Crippen LogP contribution < -0.4 is 4.74 Å². The van der Waals surface area contributed by atoms with Gasteiger partial charge in [0.15, 0.2) is 0 Å². The third-order valence-electron chi connectivity index (χ3n) is 2.92. The average Bonchev–Trinajstić information content (AvgIpc) is 2.28. The number of nitrogens with zero attached hydrogens (tertiary/aromatic N) is 2. The quantitative estimate of drug-likeness (QED) is 0.804. The van der Waals surface area contributed by atoms with Crippen molar-refractivity contribution in [3.63, 3.8) is 0 Å². The maximum atomic E-state index is 9.10. The topological polar surface area (TPSA) is 55.1 Å². The summed E-state index contributed by atoms with van der Waals surface area (Å²) in [6.45, 7) is 8.25. The van der Waals surface area contributed by atoms with E-state index in [1.165, 1.54) is 0 Å². The highest BCUT2D eigenvalue weighted by Crippen LogP contribution is 2.21. The Morgan fingerprint density at radius 2 is 2.06 bits per heavy atom. The molecule has 0 saturated heterocycles. The fourth-order valence-corrected chi connectivity index (χ4v) is 1.54. The van der Waals surface area contributed by atoms with Gasteiger partial charge in [0.05, 0.1) is 12.2 Å². The minimum absolute atomic E-state index is 0.230. The number of nitriles is 1. The normalized spacial score (nSPS) is 11.1. The molecular formula is C14H20N2O2. The molecule has 0 N–H and O–H groups in total. The first-order chi connectivity index (χ1) is 8.39.